The van der Waals surface area contributed by atoms with Crippen LogP contribution in [0, 0.1) is 11.8 Å². The third kappa shape index (κ3) is 6.91. The molecule has 184 valence electrons. The third-order valence-electron chi connectivity index (χ3n) is 6.90. The largest absolute Gasteiger partial charge is 0.401 e. The normalized spacial score (nSPS) is 13.2. The number of aromatic nitrogens is 2. The molecule has 2 aromatic heterocycles. The Balaban J connectivity index is 1.94. The molecule has 2 unspecified atom stereocenters. The molecular weight excluding hydrogens is 422 g/mol. The zero-order chi connectivity index (χ0) is 24.3. The van der Waals surface area contributed by atoms with Crippen molar-refractivity contribution in [3.8, 4) is 11.6 Å². The first-order chi connectivity index (χ1) is 16.6. The van der Waals surface area contributed by atoms with Gasteiger partial charge in [-0.05, 0) is 55.0 Å². The Bertz CT molecular complexity index is 1050. The molecule has 3 aromatic rings. The van der Waals surface area contributed by atoms with E-state index in [0.717, 1.165) is 18.8 Å². The van der Waals surface area contributed by atoms with Crippen LogP contribution in [0.5, 0.6) is 0 Å². The van der Waals surface area contributed by atoms with Gasteiger partial charge in [0.15, 0.2) is 0 Å². The van der Waals surface area contributed by atoms with E-state index in [-0.39, 0.29) is 11.5 Å². The van der Waals surface area contributed by atoms with Crippen molar-refractivity contribution in [2.24, 2.45) is 11.8 Å². The summed E-state index contributed by atoms with van der Waals surface area (Å²) < 4.78 is 5.57. The molecule has 0 aliphatic rings. The van der Waals surface area contributed by atoms with Crippen LogP contribution < -0.4 is 10.5 Å². The predicted molar refractivity (Wildman–Crippen MR) is 142 cm³/mol. The third-order valence-corrected chi connectivity index (χ3v) is 6.90. The minimum absolute atomic E-state index is 0.263. The lowest BCUT2D eigenvalue weighted by molar-refractivity contribution is 0.403. The molecule has 5 nitrogen and oxygen atoms in total. The van der Waals surface area contributed by atoms with Crippen molar-refractivity contribution >= 4 is 16.6 Å². The Labute approximate surface area is 204 Å². The van der Waals surface area contributed by atoms with Gasteiger partial charge in [-0.2, -0.15) is 0 Å². The minimum atomic E-state index is -0.358. The highest BCUT2D eigenvalue weighted by Gasteiger charge is 2.19. The molecular formula is C29H41N3O2. The van der Waals surface area contributed by atoms with Gasteiger partial charge >= 0.3 is 5.63 Å². The number of nitrogens with zero attached hydrogens (tertiary/aromatic N) is 3. The molecule has 2 heterocycles. The SMILES string of the molecule is CCCCC(CC)CN(CC(CC)CCCC)c1ccc2nc(-c3ccccn3)oc(=O)c2c1. The first kappa shape index (κ1) is 25.9. The number of hydrogen-bond donors (Lipinski definition) is 0. The van der Waals surface area contributed by atoms with Gasteiger partial charge in [0, 0.05) is 25.0 Å². The highest BCUT2D eigenvalue weighted by molar-refractivity contribution is 5.82. The lowest BCUT2D eigenvalue weighted by Gasteiger charge is -2.32. The van der Waals surface area contributed by atoms with Crippen molar-refractivity contribution in [3.05, 3.63) is 53.0 Å². The summed E-state index contributed by atoms with van der Waals surface area (Å²) in [7, 11) is 0. The monoisotopic (exact) mass is 463 g/mol. The van der Waals surface area contributed by atoms with Gasteiger partial charge in [0.25, 0.3) is 0 Å². The molecule has 0 fully saturated rings. The Kier molecular flexibility index (Phi) is 10.1. The topological polar surface area (TPSA) is 59.2 Å². The quantitative estimate of drug-likeness (QED) is 0.248. The van der Waals surface area contributed by atoms with Gasteiger partial charge in [-0.1, -0.05) is 72.3 Å². The second kappa shape index (κ2) is 13.3. The number of fused-ring (bicyclic) bond motifs is 1. The fourth-order valence-electron chi connectivity index (χ4n) is 4.60. The number of rotatable bonds is 14. The van der Waals surface area contributed by atoms with E-state index in [1.54, 1.807) is 12.3 Å². The standard InChI is InChI=1S/C29H41N3O2/c1-5-9-13-22(7-3)20-32(21-23(8-4)14-10-6-2)24-16-17-26-25(19-24)29(33)34-28(31-26)27-15-11-12-18-30-27/h11-12,15-19,22-23H,5-10,13-14,20-21H2,1-4H3. The van der Waals surface area contributed by atoms with E-state index in [9.17, 15) is 4.79 Å². The molecule has 1 aromatic carbocycles. The molecule has 5 heteroatoms. The molecule has 0 saturated carbocycles. The average molecular weight is 464 g/mol. The van der Waals surface area contributed by atoms with E-state index < -0.39 is 0 Å². The van der Waals surface area contributed by atoms with Crippen LogP contribution in [-0.4, -0.2) is 23.1 Å². The van der Waals surface area contributed by atoms with Gasteiger partial charge in [-0.25, -0.2) is 9.78 Å². The molecule has 0 aliphatic carbocycles. The van der Waals surface area contributed by atoms with E-state index in [1.807, 2.05) is 24.3 Å². The molecule has 0 saturated heterocycles. The molecule has 0 radical (unpaired) electrons. The van der Waals surface area contributed by atoms with Gasteiger partial charge in [-0.3, -0.25) is 4.98 Å². The average Bonchev–Trinajstić information content (AvgIpc) is 2.88. The van der Waals surface area contributed by atoms with Crippen molar-refractivity contribution in [2.75, 3.05) is 18.0 Å². The number of pyridine rings is 1. The molecule has 3 rings (SSSR count). The van der Waals surface area contributed by atoms with E-state index in [4.69, 9.17) is 4.42 Å². The minimum Gasteiger partial charge on any atom is -0.401 e. The summed E-state index contributed by atoms with van der Waals surface area (Å²) in [6, 6.07) is 11.6. The maximum atomic E-state index is 12.9. The molecule has 0 N–H and O–H groups in total. The van der Waals surface area contributed by atoms with E-state index in [0.29, 0.717) is 28.4 Å². The summed E-state index contributed by atoms with van der Waals surface area (Å²) in [5.41, 5.74) is 1.95. The van der Waals surface area contributed by atoms with Crippen LogP contribution in [0.4, 0.5) is 5.69 Å². The summed E-state index contributed by atoms with van der Waals surface area (Å²) in [6.45, 7) is 11.2. The molecule has 34 heavy (non-hydrogen) atoms. The van der Waals surface area contributed by atoms with Crippen molar-refractivity contribution in [3.63, 3.8) is 0 Å². The van der Waals surface area contributed by atoms with Crippen LogP contribution in [0.2, 0.25) is 0 Å². The molecule has 2 atom stereocenters. The summed E-state index contributed by atoms with van der Waals surface area (Å²) in [4.78, 5) is 24.3. The Morgan fingerprint density at radius 2 is 1.59 bits per heavy atom. The van der Waals surface area contributed by atoms with E-state index >= 15 is 0 Å². The smallest absolute Gasteiger partial charge is 0.347 e. The van der Waals surface area contributed by atoms with E-state index in [2.05, 4.69) is 48.6 Å². The summed E-state index contributed by atoms with van der Waals surface area (Å²) in [5.74, 6) is 1.57. The Morgan fingerprint density at radius 1 is 0.912 bits per heavy atom. The maximum Gasteiger partial charge on any atom is 0.347 e. The summed E-state index contributed by atoms with van der Waals surface area (Å²) >= 11 is 0. The zero-order valence-corrected chi connectivity index (χ0v) is 21.4. The molecule has 0 spiro atoms. The van der Waals surface area contributed by atoms with Gasteiger partial charge in [-0.15, -0.1) is 0 Å². The van der Waals surface area contributed by atoms with Crippen LogP contribution in [-0.2, 0) is 0 Å². The maximum absolute atomic E-state index is 12.9. The summed E-state index contributed by atoms with van der Waals surface area (Å²) in [5, 5.41) is 0.533. The molecule has 0 amide bonds. The van der Waals surface area contributed by atoms with Crippen molar-refractivity contribution in [1.82, 2.24) is 9.97 Å². The lowest BCUT2D eigenvalue weighted by Crippen LogP contribution is -2.34. The van der Waals surface area contributed by atoms with Gasteiger partial charge in [0.1, 0.15) is 5.69 Å². The van der Waals surface area contributed by atoms with Crippen LogP contribution in [0.15, 0.2) is 51.8 Å². The van der Waals surface area contributed by atoms with E-state index in [1.165, 1.54) is 51.4 Å². The Hall–Kier alpha value is -2.69. The first-order valence-electron chi connectivity index (χ1n) is 13.2. The van der Waals surface area contributed by atoms with Gasteiger partial charge < -0.3 is 9.32 Å². The highest BCUT2D eigenvalue weighted by atomic mass is 16.4. The number of anilines is 1. The van der Waals surface area contributed by atoms with Crippen LogP contribution >= 0.6 is 0 Å². The van der Waals surface area contributed by atoms with Crippen LogP contribution in [0.3, 0.4) is 0 Å². The van der Waals surface area contributed by atoms with Crippen molar-refractivity contribution in [1.29, 1.82) is 0 Å². The second-order valence-electron chi connectivity index (χ2n) is 9.46. The zero-order valence-electron chi connectivity index (χ0n) is 21.4. The van der Waals surface area contributed by atoms with Gasteiger partial charge in [0.05, 0.1) is 10.9 Å². The molecule has 0 bridgehead atoms. The number of hydrogen-bond acceptors (Lipinski definition) is 5. The van der Waals surface area contributed by atoms with Crippen molar-refractivity contribution < 1.29 is 4.42 Å². The highest BCUT2D eigenvalue weighted by Crippen LogP contribution is 2.27. The van der Waals surface area contributed by atoms with Crippen molar-refractivity contribution in [2.45, 2.75) is 79.1 Å². The Morgan fingerprint density at radius 3 is 2.15 bits per heavy atom. The van der Waals surface area contributed by atoms with Crippen LogP contribution in [0.1, 0.15) is 79.1 Å². The molecule has 0 aliphatic heterocycles. The van der Waals surface area contributed by atoms with Gasteiger partial charge in [0.2, 0.25) is 5.89 Å². The fraction of sp³-hybridized carbons (Fsp3) is 0.552. The van der Waals surface area contributed by atoms with Crippen LogP contribution in [0.25, 0.3) is 22.5 Å². The first-order valence-corrected chi connectivity index (χ1v) is 13.2. The summed E-state index contributed by atoms with van der Waals surface area (Å²) in [6.07, 6.45) is 11.5. The lowest BCUT2D eigenvalue weighted by atomic mass is 9.95. The number of benzene rings is 1. The predicted octanol–water partition coefficient (Wildman–Crippen LogP) is 7.49. The number of unbranched alkanes of at least 4 members (excludes halogenated alkanes) is 2. The second-order valence-corrected chi connectivity index (χ2v) is 9.46. The fourth-order valence-corrected chi connectivity index (χ4v) is 4.60.